The van der Waals surface area contributed by atoms with E-state index in [1.807, 2.05) is 37.3 Å². The van der Waals surface area contributed by atoms with Crippen molar-refractivity contribution in [3.8, 4) is 5.75 Å². The summed E-state index contributed by atoms with van der Waals surface area (Å²) >= 11 is 13.1. The Morgan fingerprint density at radius 1 is 0.925 bits per heavy atom. The molecule has 0 aliphatic carbocycles. The second kappa shape index (κ2) is 12.8. The quantitative estimate of drug-likeness (QED) is 0.281. The number of rotatable bonds is 9. The molecule has 1 heterocycles. The molecule has 206 valence electrons. The number of hydrogen-bond donors (Lipinski definition) is 2. The molecule has 0 aliphatic rings. The Hall–Kier alpha value is -4.14. The Morgan fingerprint density at radius 2 is 1.62 bits per heavy atom. The zero-order valence-corrected chi connectivity index (χ0v) is 23.8. The zero-order valence-electron chi connectivity index (χ0n) is 22.3. The molecule has 0 spiro atoms. The van der Waals surface area contributed by atoms with Crippen molar-refractivity contribution in [2.24, 2.45) is 0 Å². The van der Waals surface area contributed by atoms with Crippen molar-refractivity contribution in [1.82, 2.24) is 20.5 Å². The summed E-state index contributed by atoms with van der Waals surface area (Å²) < 4.78 is 6.05. The minimum atomic E-state index is -0.324. The van der Waals surface area contributed by atoms with E-state index in [-0.39, 0.29) is 48.0 Å². The molecule has 0 saturated heterocycles. The molecule has 0 aliphatic heterocycles. The van der Waals surface area contributed by atoms with Crippen LogP contribution in [0.2, 0.25) is 10.0 Å². The van der Waals surface area contributed by atoms with Crippen LogP contribution in [0.4, 0.5) is 0 Å². The predicted molar refractivity (Wildman–Crippen MR) is 156 cm³/mol. The summed E-state index contributed by atoms with van der Waals surface area (Å²) in [4.78, 5) is 43.4. The van der Waals surface area contributed by atoms with E-state index in [1.54, 1.807) is 43.4 Å². The highest BCUT2D eigenvalue weighted by Crippen LogP contribution is 2.31. The van der Waals surface area contributed by atoms with Gasteiger partial charge in [-0.2, -0.15) is 0 Å². The molecule has 1 aromatic heterocycles. The van der Waals surface area contributed by atoms with E-state index in [2.05, 4.69) is 15.6 Å². The molecule has 2 N–H and O–H groups in total. The lowest BCUT2D eigenvalue weighted by Crippen LogP contribution is -2.36. The van der Waals surface area contributed by atoms with Gasteiger partial charge in [-0.25, -0.2) is 4.98 Å². The summed E-state index contributed by atoms with van der Waals surface area (Å²) in [6.07, 6.45) is 0. The fraction of sp³-hybridized carbons (Fsp3) is 0.200. The number of carbonyl (C=O) groups excluding carboxylic acids is 3. The number of likely N-dealkylation sites (N-methyl/N-ethyl adjacent to an activating group) is 1. The van der Waals surface area contributed by atoms with Gasteiger partial charge in [-0.3, -0.25) is 14.4 Å². The predicted octanol–water partition coefficient (Wildman–Crippen LogP) is 5.29. The number of pyridine rings is 1. The fourth-order valence-corrected chi connectivity index (χ4v) is 4.60. The van der Waals surface area contributed by atoms with Crippen LogP contribution in [0, 0.1) is 6.92 Å². The molecule has 0 unspecified atom stereocenters. The SMILES string of the molecule is CNC(=O)c1ccc(C(=O)NCCN(C)C(=O)c2ccc(Cl)c(COc3cccc4ccc(C)nc34)c2Cl)cc1. The van der Waals surface area contributed by atoms with Gasteiger partial charge in [0, 0.05) is 60.0 Å². The van der Waals surface area contributed by atoms with Crippen LogP contribution in [-0.2, 0) is 6.61 Å². The summed E-state index contributed by atoms with van der Waals surface area (Å²) in [6.45, 7) is 2.42. The lowest BCUT2D eigenvalue weighted by atomic mass is 10.1. The van der Waals surface area contributed by atoms with Crippen LogP contribution in [0.15, 0.2) is 66.7 Å². The average molecular weight is 579 g/mol. The van der Waals surface area contributed by atoms with Crippen molar-refractivity contribution in [3.05, 3.63) is 105 Å². The van der Waals surface area contributed by atoms with Gasteiger partial charge in [-0.05, 0) is 55.5 Å². The van der Waals surface area contributed by atoms with Gasteiger partial charge in [0.2, 0.25) is 0 Å². The molecule has 10 heteroatoms. The van der Waals surface area contributed by atoms with Gasteiger partial charge < -0.3 is 20.3 Å². The Morgan fingerprint density at radius 3 is 2.33 bits per heavy atom. The third-order valence-corrected chi connectivity index (χ3v) is 7.11. The monoisotopic (exact) mass is 578 g/mol. The zero-order chi connectivity index (χ0) is 28.8. The average Bonchev–Trinajstić information content (AvgIpc) is 2.96. The maximum atomic E-state index is 13.2. The number of hydrogen-bond acceptors (Lipinski definition) is 5. The first-order valence-corrected chi connectivity index (χ1v) is 13.3. The molecular formula is C30H28Cl2N4O4. The van der Waals surface area contributed by atoms with Crippen molar-refractivity contribution in [2.75, 3.05) is 27.2 Å². The Balaban J connectivity index is 1.39. The van der Waals surface area contributed by atoms with Crippen LogP contribution in [0.25, 0.3) is 10.9 Å². The van der Waals surface area contributed by atoms with Crippen molar-refractivity contribution >= 4 is 51.8 Å². The van der Waals surface area contributed by atoms with Crippen LogP contribution < -0.4 is 15.4 Å². The first-order valence-electron chi connectivity index (χ1n) is 12.5. The van der Waals surface area contributed by atoms with Gasteiger partial charge in [0.25, 0.3) is 17.7 Å². The van der Waals surface area contributed by atoms with Gasteiger partial charge in [0.1, 0.15) is 17.9 Å². The Labute approximate surface area is 242 Å². The third kappa shape index (κ3) is 6.52. The minimum Gasteiger partial charge on any atom is -0.487 e. The van der Waals surface area contributed by atoms with Gasteiger partial charge in [-0.1, -0.05) is 41.4 Å². The summed E-state index contributed by atoms with van der Waals surface area (Å²) in [5.41, 5.74) is 3.22. The molecule has 8 nitrogen and oxygen atoms in total. The summed E-state index contributed by atoms with van der Waals surface area (Å²) in [5.74, 6) is -0.287. The molecule has 0 saturated carbocycles. The number of nitrogens with one attached hydrogen (secondary N) is 2. The molecule has 3 amide bonds. The number of amides is 3. The fourth-order valence-electron chi connectivity index (χ4n) is 4.04. The van der Waals surface area contributed by atoms with Crippen LogP contribution in [0.3, 0.4) is 0 Å². The highest BCUT2D eigenvalue weighted by molar-refractivity contribution is 6.38. The maximum absolute atomic E-state index is 13.2. The summed E-state index contributed by atoms with van der Waals surface area (Å²) in [6, 6.07) is 19.0. The molecule has 4 rings (SSSR count). The Kier molecular flexibility index (Phi) is 9.24. The van der Waals surface area contributed by atoms with Crippen molar-refractivity contribution in [2.45, 2.75) is 13.5 Å². The number of aryl methyl sites for hydroxylation is 1. The first kappa shape index (κ1) is 28.9. The van der Waals surface area contributed by atoms with E-state index in [4.69, 9.17) is 27.9 Å². The van der Waals surface area contributed by atoms with Crippen molar-refractivity contribution in [1.29, 1.82) is 0 Å². The molecule has 40 heavy (non-hydrogen) atoms. The van der Waals surface area contributed by atoms with Crippen LogP contribution in [0.5, 0.6) is 5.75 Å². The van der Waals surface area contributed by atoms with E-state index < -0.39 is 0 Å². The third-order valence-electron chi connectivity index (χ3n) is 6.33. The molecule has 0 fully saturated rings. The first-order chi connectivity index (χ1) is 19.2. The van der Waals surface area contributed by atoms with Gasteiger partial charge in [0.15, 0.2) is 0 Å². The van der Waals surface area contributed by atoms with E-state index >= 15 is 0 Å². The second-order valence-electron chi connectivity index (χ2n) is 9.10. The van der Waals surface area contributed by atoms with Crippen molar-refractivity contribution < 1.29 is 19.1 Å². The maximum Gasteiger partial charge on any atom is 0.255 e. The number of halogens is 2. The minimum absolute atomic E-state index is 0.0476. The number of carbonyl (C=O) groups is 3. The van der Waals surface area contributed by atoms with Gasteiger partial charge in [0.05, 0.1) is 10.6 Å². The number of para-hydroxylation sites is 1. The Bertz CT molecular complexity index is 1570. The van der Waals surface area contributed by atoms with Crippen LogP contribution in [-0.4, -0.2) is 54.8 Å². The molecule has 0 atom stereocenters. The molecule has 4 aromatic rings. The number of nitrogens with zero attached hydrogens (tertiary/aromatic N) is 2. The smallest absolute Gasteiger partial charge is 0.255 e. The highest BCUT2D eigenvalue weighted by Gasteiger charge is 2.20. The standard InChI is InChI=1S/C30H28Cl2N4O4/c1-18-7-8-19-5-4-6-25(27(19)35-18)40-17-23-24(31)14-13-22(26(23)32)30(39)36(3)16-15-34-29(38)21-11-9-20(10-12-21)28(37)33-2/h4-14H,15-17H2,1-3H3,(H,33,37)(H,34,38). The molecule has 3 aromatic carbocycles. The number of fused-ring (bicyclic) bond motifs is 1. The number of aromatic nitrogens is 1. The van der Waals surface area contributed by atoms with E-state index in [0.717, 1.165) is 16.6 Å². The summed E-state index contributed by atoms with van der Waals surface area (Å²) in [5, 5.41) is 6.83. The van der Waals surface area contributed by atoms with E-state index in [9.17, 15) is 14.4 Å². The van der Waals surface area contributed by atoms with Crippen LogP contribution in [0.1, 0.15) is 42.3 Å². The topological polar surface area (TPSA) is 101 Å². The van der Waals surface area contributed by atoms with E-state index in [0.29, 0.717) is 27.5 Å². The van der Waals surface area contributed by atoms with Gasteiger partial charge >= 0.3 is 0 Å². The molecular weight excluding hydrogens is 551 g/mol. The van der Waals surface area contributed by atoms with Crippen LogP contribution >= 0.6 is 23.2 Å². The summed E-state index contributed by atoms with van der Waals surface area (Å²) in [7, 11) is 3.16. The number of benzene rings is 3. The number of ether oxygens (including phenoxy) is 1. The lowest BCUT2D eigenvalue weighted by Gasteiger charge is -2.20. The van der Waals surface area contributed by atoms with Crippen molar-refractivity contribution in [3.63, 3.8) is 0 Å². The second-order valence-corrected chi connectivity index (χ2v) is 9.88. The highest BCUT2D eigenvalue weighted by atomic mass is 35.5. The van der Waals surface area contributed by atoms with E-state index in [1.165, 1.54) is 11.9 Å². The van der Waals surface area contributed by atoms with Gasteiger partial charge in [-0.15, -0.1) is 0 Å². The molecule has 0 bridgehead atoms. The largest absolute Gasteiger partial charge is 0.487 e. The normalized spacial score (nSPS) is 10.7. The lowest BCUT2D eigenvalue weighted by molar-refractivity contribution is 0.0787. The molecule has 0 radical (unpaired) electrons.